The number of hydrogen-bond donors (Lipinski definition) is 1. The van der Waals surface area contributed by atoms with Crippen LogP contribution >= 0.6 is 0 Å². The summed E-state index contributed by atoms with van der Waals surface area (Å²) in [4.78, 5) is 15.0. The number of piperidine rings is 1. The van der Waals surface area contributed by atoms with E-state index >= 15 is 0 Å². The molecule has 2 atom stereocenters. The van der Waals surface area contributed by atoms with Crippen LogP contribution in [0.15, 0.2) is 0 Å². The molecule has 2 rings (SSSR count). The van der Waals surface area contributed by atoms with Gasteiger partial charge in [0.25, 0.3) is 0 Å². The van der Waals surface area contributed by atoms with Gasteiger partial charge in [0, 0.05) is 25.0 Å². The highest BCUT2D eigenvalue weighted by atomic mass is 16.2. The molecule has 3 heteroatoms. The second-order valence-electron chi connectivity index (χ2n) is 7.39. The Morgan fingerprint density at radius 3 is 2.33 bits per heavy atom. The van der Waals surface area contributed by atoms with Crippen LogP contribution < -0.4 is 5.73 Å². The summed E-state index contributed by atoms with van der Waals surface area (Å²) < 4.78 is 0. The van der Waals surface area contributed by atoms with E-state index in [-0.39, 0.29) is 12.0 Å². The van der Waals surface area contributed by atoms with Gasteiger partial charge in [0.1, 0.15) is 0 Å². The highest BCUT2D eigenvalue weighted by Gasteiger charge is 2.30. The van der Waals surface area contributed by atoms with E-state index in [1.54, 1.807) is 0 Å². The first-order chi connectivity index (χ1) is 10.1. The van der Waals surface area contributed by atoms with E-state index in [1.807, 2.05) is 0 Å². The largest absolute Gasteiger partial charge is 0.342 e. The summed E-state index contributed by atoms with van der Waals surface area (Å²) >= 11 is 0. The van der Waals surface area contributed by atoms with Gasteiger partial charge in [0.2, 0.25) is 5.91 Å². The van der Waals surface area contributed by atoms with Crippen LogP contribution in [0.1, 0.15) is 71.6 Å². The fourth-order valence-electron chi connectivity index (χ4n) is 4.24. The second-order valence-corrected chi connectivity index (χ2v) is 7.39. The van der Waals surface area contributed by atoms with Crippen molar-refractivity contribution >= 4 is 5.91 Å². The van der Waals surface area contributed by atoms with Crippen LogP contribution in [0.5, 0.6) is 0 Å². The zero-order valence-electron chi connectivity index (χ0n) is 14.0. The summed E-state index contributed by atoms with van der Waals surface area (Å²) in [5.41, 5.74) is 6.00. The summed E-state index contributed by atoms with van der Waals surface area (Å²) in [5.74, 6) is 2.14. The maximum atomic E-state index is 12.8. The van der Waals surface area contributed by atoms with Gasteiger partial charge in [-0.2, -0.15) is 0 Å². The van der Waals surface area contributed by atoms with Crippen molar-refractivity contribution in [3.8, 4) is 0 Å². The summed E-state index contributed by atoms with van der Waals surface area (Å²) in [5, 5.41) is 0. The van der Waals surface area contributed by atoms with Crippen LogP contribution in [0.4, 0.5) is 0 Å². The molecule has 1 aliphatic carbocycles. The molecule has 0 aromatic rings. The van der Waals surface area contributed by atoms with Gasteiger partial charge < -0.3 is 10.6 Å². The van der Waals surface area contributed by atoms with E-state index in [0.717, 1.165) is 51.1 Å². The molecule has 1 saturated carbocycles. The van der Waals surface area contributed by atoms with Gasteiger partial charge in [-0.3, -0.25) is 4.79 Å². The van der Waals surface area contributed by atoms with Crippen molar-refractivity contribution in [2.75, 3.05) is 13.1 Å². The van der Waals surface area contributed by atoms with Crippen molar-refractivity contribution in [2.45, 2.75) is 77.7 Å². The van der Waals surface area contributed by atoms with E-state index in [1.165, 1.54) is 25.7 Å². The van der Waals surface area contributed by atoms with Crippen LogP contribution in [0, 0.1) is 17.8 Å². The van der Waals surface area contributed by atoms with Crippen molar-refractivity contribution < 1.29 is 4.79 Å². The minimum absolute atomic E-state index is 0.271. The summed E-state index contributed by atoms with van der Waals surface area (Å²) in [7, 11) is 0. The average molecular weight is 294 g/mol. The van der Waals surface area contributed by atoms with E-state index in [4.69, 9.17) is 5.73 Å². The molecule has 0 aromatic carbocycles. The quantitative estimate of drug-likeness (QED) is 0.814. The van der Waals surface area contributed by atoms with Crippen LogP contribution in [0.2, 0.25) is 0 Å². The third-order valence-corrected chi connectivity index (χ3v) is 5.67. The van der Waals surface area contributed by atoms with E-state index in [0.29, 0.717) is 11.8 Å². The molecule has 1 amide bonds. The molecule has 122 valence electrons. The monoisotopic (exact) mass is 294 g/mol. The minimum Gasteiger partial charge on any atom is -0.342 e. The van der Waals surface area contributed by atoms with Crippen LogP contribution in [0.3, 0.4) is 0 Å². The summed E-state index contributed by atoms with van der Waals surface area (Å²) in [6.07, 6.45) is 11.0. The molecule has 2 N–H and O–H groups in total. The van der Waals surface area contributed by atoms with Crippen LogP contribution in [-0.2, 0) is 4.79 Å². The lowest BCUT2D eigenvalue weighted by atomic mass is 9.87. The molecule has 0 bridgehead atoms. The van der Waals surface area contributed by atoms with Gasteiger partial charge in [-0.15, -0.1) is 0 Å². The van der Waals surface area contributed by atoms with E-state index < -0.39 is 0 Å². The molecule has 1 aliphatic heterocycles. The Morgan fingerprint density at radius 1 is 1.19 bits per heavy atom. The highest BCUT2D eigenvalue weighted by molar-refractivity contribution is 5.79. The molecule has 3 nitrogen and oxygen atoms in total. The van der Waals surface area contributed by atoms with Crippen molar-refractivity contribution in [1.82, 2.24) is 4.90 Å². The highest BCUT2D eigenvalue weighted by Crippen LogP contribution is 2.33. The Hall–Kier alpha value is -0.570. The molecule has 0 radical (unpaired) electrons. The maximum absolute atomic E-state index is 12.8. The van der Waals surface area contributed by atoms with Crippen LogP contribution in [0.25, 0.3) is 0 Å². The van der Waals surface area contributed by atoms with E-state index in [9.17, 15) is 4.79 Å². The van der Waals surface area contributed by atoms with Gasteiger partial charge >= 0.3 is 0 Å². The Bertz CT molecular complexity index is 315. The summed E-state index contributed by atoms with van der Waals surface area (Å²) in [6.45, 7) is 6.16. The molecule has 1 saturated heterocycles. The molecular weight excluding hydrogens is 260 g/mol. The SMILES string of the molecule is CCCC(CC1CCCC1)C(=O)N1CCC(C(C)N)CC1. The van der Waals surface area contributed by atoms with Crippen LogP contribution in [-0.4, -0.2) is 29.9 Å². The standard InChI is InChI=1S/C18H34N2O/c1-3-6-17(13-15-7-4-5-8-15)18(21)20-11-9-16(10-12-20)14(2)19/h14-17H,3-13,19H2,1-2H3. The van der Waals surface area contributed by atoms with Gasteiger partial charge in [0.15, 0.2) is 0 Å². The van der Waals surface area contributed by atoms with Crippen molar-refractivity contribution in [3.05, 3.63) is 0 Å². The van der Waals surface area contributed by atoms with Gasteiger partial charge in [-0.05, 0) is 44.4 Å². The molecule has 2 unspecified atom stereocenters. The smallest absolute Gasteiger partial charge is 0.225 e. The Balaban J connectivity index is 1.86. The first kappa shape index (κ1) is 16.8. The lowest BCUT2D eigenvalue weighted by molar-refractivity contribution is -0.138. The molecular formula is C18H34N2O. The first-order valence-corrected chi connectivity index (χ1v) is 9.16. The fourth-order valence-corrected chi connectivity index (χ4v) is 4.24. The molecule has 0 aromatic heterocycles. The number of amides is 1. The zero-order chi connectivity index (χ0) is 15.2. The number of carbonyl (C=O) groups excluding carboxylic acids is 1. The normalized spacial score (nSPS) is 24.2. The molecule has 0 spiro atoms. The molecule has 21 heavy (non-hydrogen) atoms. The zero-order valence-corrected chi connectivity index (χ0v) is 14.0. The maximum Gasteiger partial charge on any atom is 0.225 e. The number of nitrogens with zero attached hydrogens (tertiary/aromatic N) is 1. The Labute approximate surface area is 130 Å². The Morgan fingerprint density at radius 2 is 1.81 bits per heavy atom. The lowest BCUT2D eigenvalue weighted by Crippen LogP contribution is -2.45. The first-order valence-electron chi connectivity index (χ1n) is 9.16. The third kappa shape index (κ3) is 4.70. The number of hydrogen-bond acceptors (Lipinski definition) is 2. The van der Waals surface area contributed by atoms with Gasteiger partial charge in [-0.25, -0.2) is 0 Å². The van der Waals surface area contributed by atoms with E-state index in [2.05, 4.69) is 18.7 Å². The molecule has 1 heterocycles. The number of carbonyl (C=O) groups is 1. The van der Waals surface area contributed by atoms with Crippen molar-refractivity contribution in [2.24, 2.45) is 23.5 Å². The summed E-state index contributed by atoms with van der Waals surface area (Å²) in [6, 6.07) is 0.271. The number of likely N-dealkylation sites (tertiary alicyclic amines) is 1. The second kappa shape index (κ2) is 8.17. The van der Waals surface area contributed by atoms with Crippen molar-refractivity contribution in [1.29, 1.82) is 0 Å². The van der Waals surface area contributed by atoms with Gasteiger partial charge in [0.05, 0.1) is 0 Å². The average Bonchev–Trinajstić information content (AvgIpc) is 2.99. The van der Waals surface area contributed by atoms with Gasteiger partial charge in [-0.1, -0.05) is 39.0 Å². The lowest BCUT2D eigenvalue weighted by Gasteiger charge is -2.36. The predicted octanol–water partition coefficient (Wildman–Crippen LogP) is 3.57. The molecule has 2 fully saturated rings. The van der Waals surface area contributed by atoms with Crippen molar-refractivity contribution in [3.63, 3.8) is 0 Å². The number of rotatable bonds is 6. The molecule has 2 aliphatic rings. The third-order valence-electron chi connectivity index (χ3n) is 5.67. The Kier molecular flexibility index (Phi) is 6.53. The minimum atomic E-state index is 0.271. The number of nitrogens with two attached hydrogens (primary N) is 1. The predicted molar refractivity (Wildman–Crippen MR) is 87.9 cm³/mol. The fraction of sp³-hybridized carbons (Fsp3) is 0.944. The topological polar surface area (TPSA) is 46.3 Å².